The molecule has 2 aromatic carbocycles. The first-order valence-corrected chi connectivity index (χ1v) is 7.88. The van der Waals surface area contributed by atoms with Crippen LogP contribution in [0.2, 0.25) is 0 Å². The fraction of sp³-hybridized carbons (Fsp3) is 0.176. The van der Waals surface area contributed by atoms with Crippen molar-refractivity contribution in [2.24, 2.45) is 0 Å². The van der Waals surface area contributed by atoms with Crippen LogP contribution in [0.5, 0.6) is 0 Å². The van der Waals surface area contributed by atoms with Crippen molar-refractivity contribution in [2.75, 3.05) is 23.9 Å². The summed E-state index contributed by atoms with van der Waals surface area (Å²) in [7, 11) is 1.67. The predicted octanol–water partition coefficient (Wildman–Crippen LogP) is 4.29. The van der Waals surface area contributed by atoms with Crippen molar-refractivity contribution in [3.05, 3.63) is 58.6 Å². The van der Waals surface area contributed by atoms with E-state index in [-0.39, 0.29) is 6.03 Å². The van der Waals surface area contributed by atoms with Crippen LogP contribution in [0.1, 0.15) is 17.3 Å². The zero-order valence-electron chi connectivity index (χ0n) is 12.9. The summed E-state index contributed by atoms with van der Waals surface area (Å²) in [5, 5.41) is 2.76. The van der Waals surface area contributed by atoms with Crippen molar-refractivity contribution in [1.82, 2.24) is 0 Å². The number of esters is 1. The van der Waals surface area contributed by atoms with Crippen LogP contribution < -0.4 is 10.2 Å². The van der Waals surface area contributed by atoms with Gasteiger partial charge in [0, 0.05) is 17.2 Å². The van der Waals surface area contributed by atoms with Crippen LogP contribution in [0.4, 0.5) is 16.2 Å². The molecule has 23 heavy (non-hydrogen) atoms. The van der Waals surface area contributed by atoms with Gasteiger partial charge in [0.2, 0.25) is 0 Å². The molecule has 5 nitrogen and oxygen atoms in total. The van der Waals surface area contributed by atoms with Gasteiger partial charge in [-0.1, -0.05) is 18.2 Å². The lowest BCUT2D eigenvalue weighted by atomic mass is 10.2. The molecule has 0 unspecified atom stereocenters. The van der Waals surface area contributed by atoms with Gasteiger partial charge in [0.15, 0.2) is 0 Å². The third-order valence-electron chi connectivity index (χ3n) is 3.14. The number of ether oxygens (including phenoxy) is 1. The summed E-state index contributed by atoms with van der Waals surface area (Å²) in [5.74, 6) is -0.414. The molecule has 1 N–H and O–H groups in total. The second-order valence-corrected chi connectivity index (χ2v) is 5.60. The maximum absolute atomic E-state index is 12.3. The SMILES string of the molecule is CCOC(=O)c1cccc(NC(=O)N(C)c2ccccc2Br)c1. The summed E-state index contributed by atoms with van der Waals surface area (Å²) in [6.45, 7) is 2.05. The zero-order valence-corrected chi connectivity index (χ0v) is 14.5. The van der Waals surface area contributed by atoms with Crippen molar-refractivity contribution in [3.63, 3.8) is 0 Å². The second kappa shape index (κ2) is 7.78. The molecule has 0 saturated carbocycles. The van der Waals surface area contributed by atoms with Gasteiger partial charge < -0.3 is 10.1 Å². The van der Waals surface area contributed by atoms with Gasteiger partial charge in [0.25, 0.3) is 0 Å². The Morgan fingerprint density at radius 3 is 2.61 bits per heavy atom. The number of hydrogen-bond acceptors (Lipinski definition) is 3. The Morgan fingerprint density at radius 1 is 1.17 bits per heavy atom. The monoisotopic (exact) mass is 376 g/mol. The molecule has 0 bridgehead atoms. The molecule has 0 aliphatic carbocycles. The van der Waals surface area contributed by atoms with E-state index < -0.39 is 5.97 Å². The normalized spacial score (nSPS) is 10.0. The summed E-state index contributed by atoms with van der Waals surface area (Å²) < 4.78 is 5.77. The van der Waals surface area contributed by atoms with Gasteiger partial charge in [0.05, 0.1) is 17.9 Å². The minimum absolute atomic E-state index is 0.306. The fourth-order valence-corrected chi connectivity index (χ4v) is 2.53. The number of hydrogen-bond donors (Lipinski definition) is 1. The number of benzene rings is 2. The number of nitrogens with zero attached hydrogens (tertiary/aromatic N) is 1. The molecule has 0 aromatic heterocycles. The van der Waals surface area contributed by atoms with E-state index in [2.05, 4.69) is 21.2 Å². The number of carbonyl (C=O) groups is 2. The Balaban J connectivity index is 2.13. The van der Waals surface area contributed by atoms with Crippen LogP contribution >= 0.6 is 15.9 Å². The van der Waals surface area contributed by atoms with Crippen molar-refractivity contribution in [1.29, 1.82) is 0 Å². The van der Waals surface area contributed by atoms with E-state index >= 15 is 0 Å². The zero-order chi connectivity index (χ0) is 16.8. The largest absolute Gasteiger partial charge is 0.462 e. The first kappa shape index (κ1) is 17.0. The van der Waals surface area contributed by atoms with Gasteiger partial charge in [-0.25, -0.2) is 9.59 Å². The highest BCUT2D eigenvalue weighted by Gasteiger charge is 2.14. The predicted molar refractivity (Wildman–Crippen MR) is 94.0 cm³/mol. The number of nitrogens with one attached hydrogen (secondary N) is 1. The molecule has 0 radical (unpaired) electrons. The molecule has 0 aliphatic rings. The van der Waals surface area contributed by atoms with Gasteiger partial charge in [-0.2, -0.15) is 0 Å². The molecule has 2 aromatic rings. The van der Waals surface area contributed by atoms with Crippen molar-refractivity contribution in [2.45, 2.75) is 6.92 Å². The summed E-state index contributed by atoms with van der Waals surface area (Å²) in [6, 6.07) is 13.8. The molecule has 120 valence electrons. The van der Waals surface area contributed by atoms with Gasteiger partial charge in [-0.3, -0.25) is 4.90 Å². The Bertz CT molecular complexity index is 718. The molecule has 0 heterocycles. The minimum atomic E-state index is -0.414. The summed E-state index contributed by atoms with van der Waals surface area (Å²) in [6.07, 6.45) is 0. The highest BCUT2D eigenvalue weighted by molar-refractivity contribution is 9.10. The van der Waals surface area contributed by atoms with E-state index in [1.165, 1.54) is 4.90 Å². The van der Waals surface area contributed by atoms with Gasteiger partial charge in [-0.15, -0.1) is 0 Å². The first-order chi connectivity index (χ1) is 11.0. The number of halogens is 1. The molecule has 0 aliphatic heterocycles. The quantitative estimate of drug-likeness (QED) is 0.809. The molecular formula is C17H17BrN2O3. The number of para-hydroxylation sites is 1. The van der Waals surface area contributed by atoms with E-state index in [1.807, 2.05) is 24.3 Å². The van der Waals surface area contributed by atoms with Crippen LogP contribution in [0.25, 0.3) is 0 Å². The van der Waals surface area contributed by atoms with Crippen molar-refractivity contribution >= 4 is 39.3 Å². The second-order valence-electron chi connectivity index (χ2n) is 4.74. The average molecular weight is 377 g/mol. The Labute approximate surface area is 143 Å². The van der Waals surface area contributed by atoms with Crippen molar-refractivity contribution in [3.8, 4) is 0 Å². The summed E-state index contributed by atoms with van der Waals surface area (Å²) in [5.41, 5.74) is 1.67. The Morgan fingerprint density at radius 2 is 1.91 bits per heavy atom. The van der Waals surface area contributed by atoms with Gasteiger partial charge >= 0.3 is 12.0 Å². The molecule has 0 saturated heterocycles. The Kier molecular flexibility index (Phi) is 5.76. The topological polar surface area (TPSA) is 58.6 Å². The van der Waals surface area contributed by atoms with E-state index in [1.54, 1.807) is 38.2 Å². The number of urea groups is 1. The highest BCUT2D eigenvalue weighted by Crippen LogP contribution is 2.25. The van der Waals surface area contributed by atoms with Gasteiger partial charge in [0.1, 0.15) is 0 Å². The summed E-state index contributed by atoms with van der Waals surface area (Å²) in [4.78, 5) is 25.6. The first-order valence-electron chi connectivity index (χ1n) is 7.09. The van der Waals surface area contributed by atoms with E-state index in [0.717, 1.165) is 10.2 Å². The third kappa shape index (κ3) is 4.32. The molecule has 0 fully saturated rings. The lowest BCUT2D eigenvalue weighted by molar-refractivity contribution is 0.0526. The highest BCUT2D eigenvalue weighted by atomic mass is 79.9. The van der Waals surface area contributed by atoms with Crippen LogP contribution in [-0.4, -0.2) is 25.7 Å². The minimum Gasteiger partial charge on any atom is -0.462 e. The molecule has 6 heteroatoms. The molecule has 2 amide bonds. The van der Waals surface area contributed by atoms with Crippen LogP contribution in [0, 0.1) is 0 Å². The maximum atomic E-state index is 12.3. The number of anilines is 2. The number of rotatable bonds is 4. The van der Waals surface area contributed by atoms with E-state index in [4.69, 9.17) is 4.74 Å². The Hall–Kier alpha value is -2.34. The van der Waals surface area contributed by atoms with E-state index in [9.17, 15) is 9.59 Å². The van der Waals surface area contributed by atoms with Gasteiger partial charge in [-0.05, 0) is 53.2 Å². The molecule has 0 spiro atoms. The van der Waals surface area contributed by atoms with Crippen LogP contribution in [0.15, 0.2) is 53.0 Å². The molecular weight excluding hydrogens is 360 g/mol. The standard InChI is InChI=1S/C17H17BrN2O3/c1-3-23-16(21)12-7-6-8-13(11-12)19-17(22)20(2)15-10-5-4-9-14(15)18/h4-11H,3H2,1-2H3,(H,19,22). The van der Waals surface area contributed by atoms with Crippen molar-refractivity contribution < 1.29 is 14.3 Å². The van der Waals surface area contributed by atoms with Crippen LogP contribution in [0.3, 0.4) is 0 Å². The molecule has 0 atom stereocenters. The number of carbonyl (C=O) groups excluding carboxylic acids is 2. The van der Waals surface area contributed by atoms with Crippen LogP contribution in [-0.2, 0) is 4.74 Å². The molecule has 2 rings (SSSR count). The average Bonchev–Trinajstić information content (AvgIpc) is 2.55. The maximum Gasteiger partial charge on any atom is 0.338 e. The lowest BCUT2D eigenvalue weighted by Crippen LogP contribution is -2.31. The number of amides is 2. The van der Waals surface area contributed by atoms with E-state index in [0.29, 0.717) is 17.9 Å². The summed E-state index contributed by atoms with van der Waals surface area (Å²) >= 11 is 3.42. The smallest absolute Gasteiger partial charge is 0.338 e. The lowest BCUT2D eigenvalue weighted by Gasteiger charge is -2.19. The fourth-order valence-electron chi connectivity index (χ4n) is 1.98. The third-order valence-corrected chi connectivity index (χ3v) is 3.81.